The molecule has 0 aromatic heterocycles. The summed E-state index contributed by atoms with van der Waals surface area (Å²) in [7, 11) is 0. The lowest BCUT2D eigenvalue weighted by Gasteiger charge is -2.31. The highest BCUT2D eigenvalue weighted by Crippen LogP contribution is 2.32. The van der Waals surface area contributed by atoms with Crippen LogP contribution in [0.15, 0.2) is 48.5 Å². The number of nitrogens with zero attached hydrogens (tertiary/aromatic N) is 1. The summed E-state index contributed by atoms with van der Waals surface area (Å²) in [5.74, 6) is 1.56. The van der Waals surface area contributed by atoms with Gasteiger partial charge in [-0.1, -0.05) is 35.9 Å². The molecule has 140 valence electrons. The quantitative estimate of drug-likeness (QED) is 0.838. The molecular formula is C22H25N2O3+. The Bertz CT molecular complexity index is 854. The number of benzene rings is 2. The van der Waals surface area contributed by atoms with Crippen molar-refractivity contribution in [2.24, 2.45) is 0 Å². The van der Waals surface area contributed by atoms with E-state index in [9.17, 15) is 4.79 Å². The first-order valence-electron chi connectivity index (χ1n) is 9.43. The molecule has 0 saturated carbocycles. The van der Waals surface area contributed by atoms with Crippen LogP contribution < -0.4 is 14.4 Å². The number of hydrogen-bond donors (Lipinski definition) is 1. The number of amides is 1. The zero-order valence-electron chi connectivity index (χ0n) is 15.6. The number of carbonyl (C=O) groups excluding carboxylic acids is 1. The number of piperazine rings is 1. The van der Waals surface area contributed by atoms with E-state index in [1.807, 2.05) is 29.2 Å². The topological polar surface area (TPSA) is 43.2 Å². The SMILES string of the molecule is Cc1cccc(C[NH+]2CCN(C(=O)/C=C/c3ccc4c(c3)OCO4)CC2)c1. The van der Waals surface area contributed by atoms with Crippen LogP contribution in [0.25, 0.3) is 6.08 Å². The van der Waals surface area contributed by atoms with E-state index >= 15 is 0 Å². The van der Waals surface area contributed by atoms with Gasteiger partial charge >= 0.3 is 0 Å². The molecule has 0 unspecified atom stereocenters. The van der Waals surface area contributed by atoms with Gasteiger partial charge in [-0.15, -0.1) is 0 Å². The molecule has 5 nitrogen and oxygen atoms in total. The molecule has 0 spiro atoms. The number of quaternary nitrogens is 1. The summed E-state index contributed by atoms with van der Waals surface area (Å²) in [5, 5.41) is 0. The third-order valence-electron chi connectivity index (χ3n) is 5.13. The molecule has 27 heavy (non-hydrogen) atoms. The van der Waals surface area contributed by atoms with E-state index in [-0.39, 0.29) is 12.7 Å². The molecule has 1 N–H and O–H groups in total. The number of ether oxygens (including phenoxy) is 2. The van der Waals surface area contributed by atoms with Gasteiger partial charge in [-0.25, -0.2) is 0 Å². The van der Waals surface area contributed by atoms with Crippen LogP contribution in [0.5, 0.6) is 11.5 Å². The fraction of sp³-hybridized carbons (Fsp3) is 0.318. The maximum atomic E-state index is 12.5. The zero-order valence-corrected chi connectivity index (χ0v) is 15.6. The number of carbonyl (C=O) groups is 1. The van der Waals surface area contributed by atoms with Crippen molar-refractivity contribution < 1.29 is 19.2 Å². The van der Waals surface area contributed by atoms with Crippen molar-refractivity contribution in [2.75, 3.05) is 33.0 Å². The summed E-state index contributed by atoms with van der Waals surface area (Å²) in [6.45, 7) is 6.97. The third kappa shape index (κ3) is 4.31. The van der Waals surface area contributed by atoms with Crippen LogP contribution >= 0.6 is 0 Å². The molecule has 1 fully saturated rings. The van der Waals surface area contributed by atoms with Gasteiger partial charge in [0.2, 0.25) is 12.7 Å². The van der Waals surface area contributed by atoms with Crippen molar-refractivity contribution in [3.8, 4) is 11.5 Å². The van der Waals surface area contributed by atoms with E-state index in [0.29, 0.717) is 0 Å². The highest BCUT2D eigenvalue weighted by atomic mass is 16.7. The van der Waals surface area contributed by atoms with Gasteiger partial charge in [-0.2, -0.15) is 0 Å². The van der Waals surface area contributed by atoms with Crippen LogP contribution in [0.1, 0.15) is 16.7 Å². The average Bonchev–Trinajstić information content (AvgIpc) is 3.14. The highest BCUT2D eigenvalue weighted by Gasteiger charge is 2.22. The van der Waals surface area contributed by atoms with E-state index in [2.05, 4.69) is 31.2 Å². The van der Waals surface area contributed by atoms with Crippen LogP contribution in [-0.2, 0) is 11.3 Å². The van der Waals surface area contributed by atoms with Gasteiger partial charge in [0, 0.05) is 11.6 Å². The molecule has 4 rings (SSSR count). The first kappa shape index (κ1) is 17.6. The molecule has 1 amide bonds. The predicted molar refractivity (Wildman–Crippen MR) is 104 cm³/mol. The minimum atomic E-state index is 0.0715. The number of aryl methyl sites for hydroxylation is 1. The van der Waals surface area contributed by atoms with Crippen LogP contribution in [0.2, 0.25) is 0 Å². The predicted octanol–water partition coefficient (Wildman–Crippen LogP) is 1.66. The second-order valence-corrected chi connectivity index (χ2v) is 7.19. The zero-order chi connectivity index (χ0) is 18.6. The monoisotopic (exact) mass is 365 g/mol. The van der Waals surface area contributed by atoms with Gasteiger partial charge in [-0.3, -0.25) is 4.79 Å². The molecule has 0 radical (unpaired) electrons. The molecule has 0 aliphatic carbocycles. The molecule has 2 heterocycles. The maximum Gasteiger partial charge on any atom is 0.246 e. The van der Waals surface area contributed by atoms with E-state index < -0.39 is 0 Å². The number of rotatable bonds is 4. The first-order valence-corrected chi connectivity index (χ1v) is 9.43. The van der Waals surface area contributed by atoms with Gasteiger partial charge < -0.3 is 19.3 Å². The summed E-state index contributed by atoms with van der Waals surface area (Å²) < 4.78 is 10.7. The Morgan fingerprint density at radius 3 is 2.74 bits per heavy atom. The molecule has 2 aromatic rings. The minimum Gasteiger partial charge on any atom is -0.454 e. The van der Waals surface area contributed by atoms with E-state index in [1.165, 1.54) is 16.0 Å². The Labute approximate surface area is 159 Å². The van der Waals surface area contributed by atoms with Crippen molar-refractivity contribution in [3.63, 3.8) is 0 Å². The summed E-state index contributed by atoms with van der Waals surface area (Å²) >= 11 is 0. The molecule has 2 aromatic carbocycles. The Balaban J connectivity index is 1.29. The lowest BCUT2D eigenvalue weighted by molar-refractivity contribution is -0.917. The normalized spacial score (nSPS) is 16.9. The van der Waals surface area contributed by atoms with Crippen molar-refractivity contribution >= 4 is 12.0 Å². The van der Waals surface area contributed by atoms with E-state index in [4.69, 9.17) is 9.47 Å². The standard InChI is InChI=1S/C22H24N2O3/c1-17-3-2-4-19(13-17)15-23-9-11-24(12-10-23)22(25)8-6-18-5-7-20-21(14-18)27-16-26-20/h2-8,13-14H,9-12,15-16H2,1H3/p+1/b8-6+. The Hall–Kier alpha value is -2.79. The second-order valence-electron chi connectivity index (χ2n) is 7.19. The molecular weight excluding hydrogens is 340 g/mol. The largest absolute Gasteiger partial charge is 0.454 e. The first-order chi connectivity index (χ1) is 13.2. The average molecular weight is 365 g/mol. The van der Waals surface area contributed by atoms with Crippen molar-refractivity contribution in [1.29, 1.82) is 0 Å². The maximum absolute atomic E-state index is 12.5. The Morgan fingerprint density at radius 1 is 1.11 bits per heavy atom. The van der Waals surface area contributed by atoms with Crippen molar-refractivity contribution in [1.82, 2.24) is 4.90 Å². The van der Waals surface area contributed by atoms with E-state index in [1.54, 1.807) is 6.08 Å². The number of hydrogen-bond acceptors (Lipinski definition) is 3. The van der Waals surface area contributed by atoms with Gasteiger partial charge in [0.05, 0.1) is 26.2 Å². The smallest absolute Gasteiger partial charge is 0.246 e. The fourth-order valence-corrected chi connectivity index (χ4v) is 3.62. The number of fused-ring (bicyclic) bond motifs is 1. The number of nitrogens with one attached hydrogen (secondary N) is 1. The van der Waals surface area contributed by atoms with Crippen molar-refractivity contribution in [3.05, 3.63) is 65.2 Å². The van der Waals surface area contributed by atoms with Crippen LogP contribution in [0.3, 0.4) is 0 Å². The summed E-state index contributed by atoms with van der Waals surface area (Å²) in [5.41, 5.74) is 3.61. The molecule has 2 aliphatic rings. The van der Waals surface area contributed by atoms with Gasteiger partial charge in [0.15, 0.2) is 11.5 Å². The van der Waals surface area contributed by atoms with Crippen molar-refractivity contribution in [2.45, 2.75) is 13.5 Å². The third-order valence-corrected chi connectivity index (χ3v) is 5.13. The van der Waals surface area contributed by atoms with Gasteiger partial charge in [-0.05, 0) is 30.7 Å². The minimum absolute atomic E-state index is 0.0715. The molecule has 2 aliphatic heterocycles. The second kappa shape index (κ2) is 7.84. The summed E-state index contributed by atoms with van der Waals surface area (Å²) in [6.07, 6.45) is 3.50. The lowest BCUT2D eigenvalue weighted by Crippen LogP contribution is -3.13. The fourth-order valence-electron chi connectivity index (χ4n) is 3.62. The highest BCUT2D eigenvalue weighted by molar-refractivity contribution is 5.91. The van der Waals surface area contributed by atoms with Crippen LogP contribution in [0, 0.1) is 6.92 Å². The van der Waals surface area contributed by atoms with Gasteiger partial charge in [0.1, 0.15) is 6.54 Å². The molecule has 1 saturated heterocycles. The molecule has 5 heteroatoms. The lowest BCUT2D eigenvalue weighted by atomic mass is 10.1. The van der Waals surface area contributed by atoms with Gasteiger partial charge in [0.25, 0.3) is 0 Å². The summed E-state index contributed by atoms with van der Waals surface area (Å²) in [6, 6.07) is 14.4. The molecule has 0 atom stereocenters. The van der Waals surface area contributed by atoms with E-state index in [0.717, 1.165) is 49.8 Å². The molecule has 0 bridgehead atoms. The van der Waals surface area contributed by atoms with Crippen LogP contribution in [-0.4, -0.2) is 43.8 Å². The van der Waals surface area contributed by atoms with Crippen LogP contribution in [0.4, 0.5) is 0 Å². The Kier molecular flexibility index (Phi) is 5.12. The summed E-state index contributed by atoms with van der Waals surface area (Å²) in [4.78, 5) is 16.0. The Morgan fingerprint density at radius 2 is 1.93 bits per heavy atom.